The van der Waals surface area contributed by atoms with Crippen LogP contribution < -0.4 is 18.9 Å². The molecule has 1 aliphatic carbocycles. The average molecular weight is 242 g/mol. The van der Waals surface area contributed by atoms with Crippen molar-refractivity contribution in [1.29, 1.82) is 0 Å². The van der Waals surface area contributed by atoms with E-state index in [0.29, 0.717) is 11.8 Å². The molecule has 0 N–H and O–H groups in total. The van der Waals surface area contributed by atoms with E-state index in [0.717, 1.165) is 0 Å². The number of hydrogen-bond donors (Lipinski definition) is 0. The Morgan fingerprint density at radius 3 is 2.47 bits per heavy atom. The van der Waals surface area contributed by atoms with E-state index in [2.05, 4.69) is 73.7 Å². The van der Waals surface area contributed by atoms with Crippen LogP contribution in [0.3, 0.4) is 0 Å². The largest absolute Gasteiger partial charge is 1.00 e. The van der Waals surface area contributed by atoms with Gasteiger partial charge in [-0.2, -0.15) is 0 Å². The number of hydrogen-bond acceptors (Lipinski definition) is 0. The van der Waals surface area contributed by atoms with Crippen LogP contribution in [0.15, 0.2) is 60.7 Å². The van der Waals surface area contributed by atoms with Gasteiger partial charge in [0.05, 0.1) is 0 Å². The fourth-order valence-corrected chi connectivity index (χ4v) is 2.83. The van der Waals surface area contributed by atoms with Gasteiger partial charge in [0, 0.05) is 5.92 Å². The number of fused-ring (bicyclic) bond motifs is 1. The van der Waals surface area contributed by atoms with E-state index < -0.39 is 0 Å². The van der Waals surface area contributed by atoms with Crippen LogP contribution in [-0.4, -0.2) is 0 Å². The van der Waals surface area contributed by atoms with Gasteiger partial charge in [0.15, 0.2) is 0 Å². The first-order valence-electron chi connectivity index (χ1n) is 6.66. The van der Waals surface area contributed by atoms with Crippen molar-refractivity contribution in [2.45, 2.75) is 25.2 Å². The van der Waals surface area contributed by atoms with Crippen LogP contribution in [0.1, 0.15) is 43.3 Å². The molecule has 2 atom stereocenters. The van der Waals surface area contributed by atoms with Crippen molar-refractivity contribution in [2.24, 2.45) is 0 Å². The van der Waals surface area contributed by atoms with Crippen LogP contribution in [0.25, 0.3) is 6.08 Å². The summed E-state index contributed by atoms with van der Waals surface area (Å²) < 4.78 is 0. The van der Waals surface area contributed by atoms with Crippen molar-refractivity contribution in [3.8, 4) is 0 Å². The number of allylic oxidation sites excluding steroid dienone is 1. The van der Waals surface area contributed by atoms with Gasteiger partial charge in [0.2, 0.25) is 0 Å². The van der Waals surface area contributed by atoms with Crippen molar-refractivity contribution in [1.82, 2.24) is 0 Å². The third-order valence-electron chi connectivity index (χ3n) is 3.88. The fourth-order valence-electron chi connectivity index (χ4n) is 2.83. The zero-order valence-corrected chi connectivity index (χ0v) is 11.7. The zero-order chi connectivity index (χ0) is 12.4. The predicted molar refractivity (Wildman–Crippen MR) is 78.8 cm³/mol. The molecule has 0 saturated carbocycles. The molecular weight excluding hydrogens is 223 g/mol. The van der Waals surface area contributed by atoms with E-state index >= 15 is 0 Å². The summed E-state index contributed by atoms with van der Waals surface area (Å²) >= 11 is 0. The monoisotopic (exact) mass is 242 g/mol. The Bertz CT molecular complexity index is 563. The van der Waals surface area contributed by atoms with E-state index in [1.54, 1.807) is 0 Å². The topological polar surface area (TPSA) is 0 Å². The van der Waals surface area contributed by atoms with E-state index in [4.69, 9.17) is 0 Å². The van der Waals surface area contributed by atoms with Gasteiger partial charge in [-0.15, -0.1) is 0 Å². The maximum absolute atomic E-state index is 2.35. The van der Waals surface area contributed by atoms with Gasteiger partial charge in [0.1, 0.15) is 0 Å². The molecule has 19 heavy (non-hydrogen) atoms. The molecule has 0 fully saturated rings. The SMILES string of the molecule is CC(CC1C=Cc2ccccc21)c1ccccc1.[H-].[Li+]. The third-order valence-corrected chi connectivity index (χ3v) is 3.88. The van der Waals surface area contributed by atoms with Crippen molar-refractivity contribution >= 4 is 6.08 Å². The summed E-state index contributed by atoms with van der Waals surface area (Å²) in [5.74, 6) is 1.18. The average Bonchev–Trinajstić information content (AvgIpc) is 2.83. The van der Waals surface area contributed by atoms with Gasteiger partial charge >= 0.3 is 18.9 Å². The van der Waals surface area contributed by atoms with Crippen LogP contribution in [-0.2, 0) is 0 Å². The van der Waals surface area contributed by atoms with E-state index in [-0.39, 0.29) is 20.3 Å². The van der Waals surface area contributed by atoms with E-state index in [9.17, 15) is 0 Å². The quantitative estimate of drug-likeness (QED) is 0.723. The van der Waals surface area contributed by atoms with Crippen molar-refractivity contribution in [2.75, 3.05) is 0 Å². The molecule has 0 heterocycles. The Balaban J connectivity index is 0.000001000. The molecule has 92 valence electrons. The number of rotatable bonds is 3. The summed E-state index contributed by atoms with van der Waals surface area (Å²) in [4.78, 5) is 0. The standard InChI is InChI=1S/C18H18.Li.H/c1-14(15-7-3-2-4-8-15)13-17-12-11-16-9-5-6-10-18(16)17;;/h2-12,14,17H,13H2,1H3;;/q;+1;-1. The molecule has 2 aromatic carbocycles. The van der Waals surface area contributed by atoms with E-state index in [1.807, 2.05) is 0 Å². The first-order chi connectivity index (χ1) is 8.84. The van der Waals surface area contributed by atoms with Gasteiger partial charge in [-0.1, -0.05) is 73.7 Å². The normalized spacial score (nSPS) is 17.6. The Morgan fingerprint density at radius 2 is 1.68 bits per heavy atom. The fraction of sp³-hybridized carbons (Fsp3) is 0.222. The first-order valence-corrected chi connectivity index (χ1v) is 6.66. The van der Waals surface area contributed by atoms with Gasteiger partial charge in [-0.05, 0) is 29.0 Å². The summed E-state index contributed by atoms with van der Waals surface area (Å²) in [5.41, 5.74) is 4.32. The molecule has 0 radical (unpaired) electrons. The molecule has 1 aliphatic rings. The molecule has 0 aliphatic heterocycles. The summed E-state index contributed by atoms with van der Waals surface area (Å²) in [6.07, 6.45) is 5.80. The van der Waals surface area contributed by atoms with Crippen LogP contribution in [0.2, 0.25) is 0 Å². The second-order valence-electron chi connectivity index (χ2n) is 5.14. The Labute approximate surface area is 129 Å². The van der Waals surface area contributed by atoms with Crippen LogP contribution in [0, 0.1) is 0 Å². The maximum Gasteiger partial charge on any atom is 1.00 e. The molecule has 0 bridgehead atoms. The second kappa shape index (κ2) is 6.29. The maximum atomic E-state index is 2.35. The summed E-state index contributed by atoms with van der Waals surface area (Å²) in [5, 5.41) is 0. The Morgan fingerprint density at radius 1 is 1.00 bits per heavy atom. The van der Waals surface area contributed by atoms with Crippen molar-refractivity contribution in [3.63, 3.8) is 0 Å². The molecule has 0 saturated heterocycles. The van der Waals surface area contributed by atoms with Crippen molar-refractivity contribution < 1.29 is 20.3 Å². The Hall–Kier alpha value is -1.22. The predicted octanol–water partition coefficient (Wildman–Crippen LogP) is 2.11. The molecule has 0 nitrogen and oxygen atoms in total. The van der Waals surface area contributed by atoms with Gasteiger partial charge in [0.25, 0.3) is 0 Å². The van der Waals surface area contributed by atoms with E-state index in [1.165, 1.54) is 23.1 Å². The van der Waals surface area contributed by atoms with Crippen molar-refractivity contribution in [3.05, 3.63) is 77.4 Å². The molecule has 3 rings (SSSR count). The van der Waals surface area contributed by atoms with Crippen LogP contribution in [0.5, 0.6) is 0 Å². The molecule has 0 aromatic heterocycles. The Kier molecular flexibility index (Phi) is 4.69. The minimum Gasteiger partial charge on any atom is -1.00 e. The van der Waals surface area contributed by atoms with Crippen LogP contribution in [0.4, 0.5) is 0 Å². The first kappa shape index (κ1) is 14.2. The second-order valence-corrected chi connectivity index (χ2v) is 5.14. The van der Waals surface area contributed by atoms with Gasteiger partial charge < -0.3 is 1.43 Å². The summed E-state index contributed by atoms with van der Waals surface area (Å²) in [6, 6.07) is 19.5. The molecular formula is C18H19Li. The third kappa shape index (κ3) is 3.03. The molecule has 2 unspecified atom stereocenters. The smallest absolute Gasteiger partial charge is 1.00 e. The van der Waals surface area contributed by atoms with Gasteiger partial charge in [-0.25, -0.2) is 0 Å². The summed E-state index contributed by atoms with van der Waals surface area (Å²) in [6.45, 7) is 2.32. The molecule has 0 spiro atoms. The van der Waals surface area contributed by atoms with Crippen LogP contribution >= 0.6 is 0 Å². The molecule has 2 aromatic rings. The minimum absolute atomic E-state index is 0. The van der Waals surface area contributed by atoms with Gasteiger partial charge in [-0.3, -0.25) is 0 Å². The molecule has 0 amide bonds. The summed E-state index contributed by atoms with van der Waals surface area (Å²) in [7, 11) is 0. The number of benzene rings is 2. The minimum atomic E-state index is 0. The molecule has 1 heteroatoms. The zero-order valence-electron chi connectivity index (χ0n) is 12.7.